The zero-order chi connectivity index (χ0) is 87.2. The van der Waals surface area contributed by atoms with Crippen LogP contribution in [0.4, 0.5) is 34.1 Å². The minimum Gasteiger partial charge on any atom is -0.309 e. The first-order valence-electron chi connectivity index (χ1n) is 45.6. The van der Waals surface area contributed by atoms with Crippen LogP contribution in [0.15, 0.2) is 516 Å². The molecule has 0 aliphatic heterocycles. The van der Waals surface area contributed by atoms with Gasteiger partial charge < -0.3 is 14.4 Å². The molecule has 0 saturated heterocycles. The van der Waals surface area contributed by atoms with Gasteiger partial charge in [0.15, 0.2) is 0 Å². The molecular formula is C129H85N3. The molecule has 1 aliphatic carbocycles. The number of para-hydroxylation sites is 4. The lowest BCUT2D eigenvalue weighted by Gasteiger charge is -2.34. The van der Waals surface area contributed by atoms with E-state index in [1.807, 2.05) is 0 Å². The molecule has 616 valence electrons. The molecule has 0 fully saturated rings. The van der Waals surface area contributed by atoms with Crippen molar-refractivity contribution in [2.45, 2.75) is 5.41 Å². The zero-order valence-corrected chi connectivity index (χ0v) is 72.4. The average molecular weight is 1680 g/mol. The Morgan fingerprint density at radius 3 is 1.02 bits per heavy atom. The van der Waals surface area contributed by atoms with Gasteiger partial charge in [0.25, 0.3) is 0 Å². The minimum absolute atomic E-state index is 0.638. The number of hydrogen-bond acceptors (Lipinski definition) is 2. The zero-order valence-electron chi connectivity index (χ0n) is 72.4. The molecule has 1 aromatic heterocycles. The SMILES string of the molecule is c1ccc(-c2cc(-c3ccc(N(c4cc(-c5ccc6ccccc6c5)ccc4-c4ccc5ccccc5c4)c4cccc5c4-c4ccccc4C5(c4ccccc4)c4ccccc4)cc3)cc(-c3ccc(-c4ccc(N(c5cc(-c6ccc7ccccc7c6)ccc5-c5ccc6ccccc6c5)c5ccccc5-n5c6ccccc6c6ccccc65)cc4)c4ccccc34)c2)cc1. The summed E-state index contributed by atoms with van der Waals surface area (Å²) < 4.78 is 2.47. The van der Waals surface area contributed by atoms with E-state index >= 15 is 0 Å². The number of anilines is 6. The largest absolute Gasteiger partial charge is 0.309 e. The van der Waals surface area contributed by atoms with Crippen LogP contribution in [0, 0.1) is 0 Å². The summed E-state index contributed by atoms with van der Waals surface area (Å²) in [5, 5.41) is 14.4. The third-order valence-electron chi connectivity index (χ3n) is 27.6. The van der Waals surface area contributed by atoms with Crippen molar-refractivity contribution in [3.05, 3.63) is 538 Å². The standard InChI is InChI=1S/C129H85N3/c1-4-29-86(30-5-1)103-81-104(91-63-69-109(70-64-91)131(125-54-28-49-120-128(125)118-47-20-23-48-119(118)129(120,106-39-6-2-7-40-106)107-41-8-3-9-42-107)127-85-100(98-60-56-88-32-11-15-36-94(88)78-98)68-74-113(127)102-62-58-90-34-13-17-38-96(90)80-102)83-105(82-103)111-76-75-110(114-43-18-19-44-115(111)114)92-65-71-108(72-66-92)130(123-52-26-27-53-124(123)132-121-50-24-21-45-116(121)117-46-22-25-51-122(117)132)126-84-99(97-59-55-87-31-10-14-35-93(87)77-97)67-73-112(126)101-61-57-89-33-12-16-37-95(89)79-101/h1-85H. The number of aromatic nitrogens is 1. The Kier molecular flexibility index (Phi) is 18.8. The predicted molar refractivity (Wildman–Crippen MR) is 558 cm³/mol. The normalized spacial score (nSPS) is 12.2. The molecule has 132 heavy (non-hydrogen) atoms. The predicted octanol–water partition coefficient (Wildman–Crippen LogP) is 35.2. The van der Waals surface area contributed by atoms with E-state index < -0.39 is 5.41 Å². The van der Waals surface area contributed by atoms with E-state index in [1.54, 1.807) is 0 Å². The Balaban J connectivity index is 0.646. The molecule has 0 radical (unpaired) electrons. The Morgan fingerprint density at radius 1 is 0.167 bits per heavy atom. The maximum absolute atomic E-state index is 2.58. The number of benzene rings is 23. The number of nitrogens with zero attached hydrogens (tertiary/aromatic N) is 3. The molecule has 0 saturated carbocycles. The van der Waals surface area contributed by atoms with Gasteiger partial charge in [-0.1, -0.05) is 406 Å². The first kappa shape index (κ1) is 77.1. The third-order valence-corrected chi connectivity index (χ3v) is 27.6. The van der Waals surface area contributed by atoms with Crippen molar-refractivity contribution < 1.29 is 0 Å². The van der Waals surface area contributed by atoms with Crippen molar-refractivity contribution in [3.63, 3.8) is 0 Å². The average Bonchev–Trinajstić information content (AvgIpc) is 1.53. The van der Waals surface area contributed by atoms with Crippen LogP contribution >= 0.6 is 0 Å². The highest BCUT2D eigenvalue weighted by Crippen LogP contribution is 2.61. The van der Waals surface area contributed by atoms with Gasteiger partial charge in [-0.15, -0.1) is 0 Å². The summed E-state index contributed by atoms with van der Waals surface area (Å²) in [6.07, 6.45) is 0. The highest BCUT2D eigenvalue weighted by Gasteiger charge is 2.47. The van der Waals surface area contributed by atoms with Crippen LogP contribution in [-0.4, -0.2) is 4.57 Å². The molecule has 0 amide bonds. The summed E-state index contributed by atoms with van der Waals surface area (Å²) in [4.78, 5) is 5.09. The van der Waals surface area contributed by atoms with Crippen LogP contribution in [0.1, 0.15) is 22.3 Å². The molecular weight excluding hydrogens is 1590 g/mol. The Hall–Kier alpha value is -17.2. The molecule has 0 atom stereocenters. The first-order valence-corrected chi connectivity index (χ1v) is 45.6. The summed E-state index contributed by atoms with van der Waals surface area (Å²) in [5.74, 6) is 0. The molecule has 0 unspecified atom stereocenters. The van der Waals surface area contributed by atoms with Crippen LogP contribution in [0.5, 0.6) is 0 Å². The van der Waals surface area contributed by atoms with Gasteiger partial charge in [-0.25, -0.2) is 0 Å². The molecule has 0 bridgehead atoms. The lowest BCUT2D eigenvalue weighted by molar-refractivity contribution is 0.768. The molecule has 23 aromatic carbocycles. The Labute approximate surface area is 767 Å². The maximum atomic E-state index is 2.58. The van der Waals surface area contributed by atoms with Gasteiger partial charge in [0, 0.05) is 38.8 Å². The highest BCUT2D eigenvalue weighted by molar-refractivity contribution is 6.12. The van der Waals surface area contributed by atoms with Gasteiger partial charge in [0.2, 0.25) is 0 Å². The first-order chi connectivity index (χ1) is 65.4. The van der Waals surface area contributed by atoms with E-state index in [0.29, 0.717) is 0 Å². The quantitative estimate of drug-likeness (QED) is 0.0900. The van der Waals surface area contributed by atoms with Gasteiger partial charge in [-0.3, -0.25) is 0 Å². The van der Waals surface area contributed by atoms with Crippen LogP contribution < -0.4 is 9.80 Å². The van der Waals surface area contributed by atoms with Crippen LogP contribution in [0.3, 0.4) is 0 Å². The van der Waals surface area contributed by atoms with E-state index in [-0.39, 0.29) is 0 Å². The van der Waals surface area contributed by atoms with E-state index in [9.17, 15) is 0 Å². The van der Waals surface area contributed by atoms with Gasteiger partial charge in [0.05, 0.1) is 44.9 Å². The smallest absolute Gasteiger partial charge is 0.0714 e. The maximum Gasteiger partial charge on any atom is 0.0714 e. The molecule has 0 N–H and O–H groups in total. The second-order valence-corrected chi connectivity index (χ2v) is 34.9. The third kappa shape index (κ3) is 13.2. The molecule has 3 nitrogen and oxygen atoms in total. The van der Waals surface area contributed by atoms with Crippen molar-refractivity contribution in [1.29, 1.82) is 0 Å². The molecule has 24 aromatic rings. The summed E-state index contributed by atoms with van der Waals surface area (Å²) in [7, 11) is 0. The van der Waals surface area contributed by atoms with Crippen LogP contribution in [0.25, 0.3) is 181 Å². The van der Waals surface area contributed by atoms with Crippen molar-refractivity contribution >= 4 is 110 Å². The van der Waals surface area contributed by atoms with Crippen molar-refractivity contribution in [3.8, 4) is 106 Å². The van der Waals surface area contributed by atoms with Gasteiger partial charge >= 0.3 is 0 Å². The van der Waals surface area contributed by atoms with Gasteiger partial charge in [-0.2, -0.15) is 0 Å². The molecule has 1 aliphatic rings. The highest BCUT2D eigenvalue weighted by atomic mass is 15.2. The molecule has 0 spiro atoms. The van der Waals surface area contributed by atoms with Crippen molar-refractivity contribution in [1.82, 2.24) is 4.57 Å². The number of hydrogen-bond donors (Lipinski definition) is 0. The van der Waals surface area contributed by atoms with Gasteiger partial charge in [-0.05, 0) is 269 Å². The number of fused-ring (bicyclic) bond motifs is 11. The number of rotatable bonds is 17. The van der Waals surface area contributed by atoms with Crippen LogP contribution in [-0.2, 0) is 5.41 Å². The second-order valence-electron chi connectivity index (χ2n) is 34.9. The fourth-order valence-corrected chi connectivity index (χ4v) is 21.4. The molecule has 1 heterocycles. The molecule has 3 heteroatoms. The second kappa shape index (κ2) is 32.3. The monoisotopic (exact) mass is 1680 g/mol. The molecule has 25 rings (SSSR count). The summed E-state index contributed by atoms with van der Waals surface area (Å²) in [6, 6.07) is 193. The Morgan fingerprint density at radius 2 is 0.508 bits per heavy atom. The van der Waals surface area contributed by atoms with E-state index in [1.165, 1.54) is 98.0 Å². The van der Waals surface area contributed by atoms with Crippen molar-refractivity contribution in [2.75, 3.05) is 9.80 Å². The van der Waals surface area contributed by atoms with Crippen LogP contribution in [0.2, 0.25) is 0 Å². The van der Waals surface area contributed by atoms with E-state index in [4.69, 9.17) is 0 Å². The van der Waals surface area contributed by atoms with Gasteiger partial charge in [0.1, 0.15) is 0 Å². The summed E-state index contributed by atoms with van der Waals surface area (Å²) in [5.41, 5.74) is 34.5. The van der Waals surface area contributed by atoms with E-state index in [0.717, 1.165) is 140 Å². The van der Waals surface area contributed by atoms with E-state index in [2.05, 4.69) is 530 Å². The lowest BCUT2D eigenvalue weighted by atomic mass is 9.68. The fourth-order valence-electron chi connectivity index (χ4n) is 21.4. The fraction of sp³-hybridized carbons (Fsp3) is 0.00775. The van der Waals surface area contributed by atoms with Crippen molar-refractivity contribution in [2.24, 2.45) is 0 Å². The lowest BCUT2D eigenvalue weighted by Crippen LogP contribution is -2.28. The Bertz CT molecular complexity index is 8550. The minimum atomic E-state index is -0.638. The summed E-state index contributed by atoms with van der Waals surface area (Å²) in [6.45, 7) is 0. The summed E-state index contributed by atoms with van der Waals surface area (Å²) >= 11 is 0. The topological polar surface area (TPSA) is 11.4 Å².